The van der Waals surface area contributed by atoms with E-state index in [1.807, 2.05) is 11.4 Å². The number of thiophene rings is 1. The van der Waals surface area contributed by atoms with Gasteiger partial charge in [0.2, 0.25) is 0 Å². The molecule has 4 aromatic rings. The monoisotopic (exact) mass is 389 g/mol. The number of aromatic hydroxyl groups is 1. The lowest BCUT2D eigenvalue weighted by molar-refractivity contribution is 0.463. The highest BCUT2D eigenvalue weighted by molar-refractivity contribution is 7.17. The highest BCUT2D eigenvalue weighted by Crippen LogP contribution is 2.40. The second-order valence-corrected chi connectivity index (χ2v) is 8.94. The van der Waals surface area contributed by atoms with E-state index in [1.54, 1.807) is 12.1 Å². The molecule has 0 amide bonds. The van der Waals surface area contributed by atoms with Crippen molar-refractivity contribution in [3.8, 4) is 16.9 Å². The zero-order valence-corrected chi connectivity index (χ0v) is 16.7. The first-order chi connectivity index (χ1) is 13.6. The lowest BCUT2D eigenvalue weighted by Crippen LogP contribution is -2.06. The number of aromatic nitrogens is 1. The molecule has 0 spiro atoms. The van der Waals surface area contributed by atoms with Gasteiger partial charge in [-0.1, -0.05) is 31.5 Å². The molecule has 0 saturated carbocycles. The molecular weight excluding hydrogens is 366 g/mol. The Labute approximate surface area is 167 Å². The lowest BCUT2D eigenvalue weighted by atomic mass is 9.86. The fourth-order valence-electron chi connectivity index (χ4n) is 4.57. The molecule has 0 aliphatic heterocycles. The molecule has 5 rings (SSSR count). The van der Waals surface area contributed by atoms with Gasteiger partial charge in [0.25, 0.3) is 5.56 Å². The zero-order valence-electron chi connectivity index (χ0n) is 15.9. The van der Waals surface area contributed by atoms with Crippen molar-refractivity contribution >= 4 is 32.3 Å². The Bertz CT molecular complexity index is 1250. The smallest absolute Gasteiger partial charge is 0.266 e. The van der Waals surface area contributed by atoms with Gasteiger partial charge in [-0.05, 0) is 71.9 Å². The summed E-state index contributed by atoms with van der Waals surface area (Å²) in [6.07, 6.45) is 5.96. The Morgan fingerprint density at radius 2 is 1.96 bits per heavy atom. The van der Waals surface area contributed by atoms with E-state index in [0.717, 1.165) is 46.2 Å². The molecule has 2 aromatic carbocycles. The molecule has 2 heterocycles. The zero-order chi connectivity index (χ0) is 19.3. The molecule has 0 radical (unpaired) electrons. The molecular formula is C24H23NO2S. The Balaban J connectivity index is 1.76. The van der Waals surface area contributed by atoms with Gasteiger partial charge < -0.3 is 10.1 Å². The summed E-state index contributed by atoms with van der Waals surface area (Å²) in [7, 11) is 0. The van der Waals surface area contributed by atoms with Crippen molar-refractivity contribution in [1.29, 1.82) is 0 Å². The summed E-state index contributed by atoms with van der Waals surface area (Å²) in [5, 5.41) is 14.6. The summed E-state index contributed by atoms with van der Waals surface area (Å²) >= 11 is 1.44. The summed E-state index contributed by atoms with van der Waals surface area (Å²) in [4.78, 5) is 15.4. The first kappa shape index (κ1) is 17.5. The minimum absolute atomic E-state index is 0.0682. The predicted molar refractivity (Wildman–Crippen MR) is 117 cm³/mol. The van der Waals surface area contributed by atoms with Gasteiger partial charge in [-0.3, -0.25) is 4.79 Å². The SMILES string of the molecule is CC1CCCc2ccc(-c3c(O)ccc4[nH]c(=O)c5sccc5c34)cc2CC1. The van der Waals surface area contributed by atoms with Gasteiger partial charge in [0.1, 0.15) is 10.4 Å². The van der Waals surface area contributed by atoms with Crippen molar-refractivity contribution in [3.63, 3.8) is 0 Å². The number of nitrogens with one attached hydrogen (secondary N) is 1. The van der Waals surface area contributed by atoms with Crippen molar-refractivity contribution in [2.24, 2.45) is 5.92 Å². The van der Waals surface area contributed by atoms with E-state index in [4.69, 9.17) is 0 Å². The Kier molecular flexibility index (Phi) is 4.24. The van der Waals surface area contributed by atoms with Crippen molar-refractivity contribution < 1.29 is 5.11 Å². The van der Waals surface area contributed by atoms with Gasteiger partial charge in [-0.25, -0.2) is 0 Å². The number of phenolic OH excluding ortho intramolecular Hbond substituents is 1. The minimum Gasteiger partial charge on any atom is -0.507 e. The number of benzene rings is 2. The Hall–Kier alpha value is -2.59. The Morgan fingerprint density at radius 3 is 2.86 bits per heavy atom. The first-order valence-corrected chi connectivity index (χ1v) is 10.9. The van der Waals surface area contributed by atoms with Crippen LogP contribution in [0.2, 0.25) is 0 Å². The normalized spacial score (nSPS) is 17.4. The summed E-state index contributed by atoms with van der Waals surface area (Å²) in [5.74, 6) is 1.02. The van der Waals surface area contributed by atoms with E-state index in [2.05, 4.69) is 30.1 Å². The molecule has 0 fully saturated rings. The molecule has 2 aromatic heterocycles. The molecule has 0 bridgehead atoms. The van der Waals surface area contributed by atoms with E-state index in [1.165, 1.54) is 41.7 Å². The number of phenols is 1. The van der Waals surface area contributed by atoms with Crippen molar-refractivity contribution in [2.75, 3.05) is 0 Å². The lowest BCUT2D eigenvalue weighted by Gasteiger charge is -2.20. The average Bonchev–Trinajstić information content (AvgIpc) is 3.17. The van der Waals surface area contributed by atoms with E-state index in [-0.39, 0.29) is 11.3 Å². The van der Waals surface area contributed by atoms with Crippen LogP contribution in [0.5, 0.6) is 5.75 Å². The molecule has 0 saturated heterocycles. The average molecular weight is 390 g/mol. The van der Waals surface area contributed by atoms with Crippen molar-refractivity contribution in [2.45, 2.75) is 39.0 Å². The molecule has 142 valence electrons. The third-order valence-corrected chi connectivity index (χ3v) is 7.03. The van der Waals surface area contributed by atoms with Crippen molar-refractivity contribution in [1.82, 2.24) is 4.98 Å². The van der Waals surface area contributed by atoms with Crippen molar-refractivity contribution in [3.05, 3.63) is 63.3 Å². The van der Waals surface area contributed by atoms with Crippen LogP contribution >= 0.6 is 11.3 Å². The summed E-state index contributed by atoms with van der Waals surface area (Å²) in [5.41, 5.74) is 5.37. The third-order valence-electron chi connectivity index (χ3n) is 6.12. The van der Waals surface area contributed by atoms with Crippen LogP contribution in [0.4, 0.5) is 0 Å². The molecule has 1 aliphatic rings. The number of H-pyrrole nitrogens is 1. The van der Waals surface area contributed by atoms with Gasteiger partial charge in [0, 0.05) is 21.9 Å². The van der Waals surface area contributed by atoms with E-state index >= 15 is 0 Å². The fourth-order valence-corrected chi connectivity index (χ4v) is 5.37. The number of hydrogen-bond donors (Lipinski definition) is 2. The quantitative estimate of drug-likeness (QED) is 0.418. The van der Waals surface area contributed by atoms with E-state index in [0.29, 0.717) is 4.70 Å². The van der Waals surface area contributed by atoms with Crippen LogP contribution in [0.1, 0.15) is 37.3 Å². The highest BCUT2D eigenvalue weighted by Gasteiger charge is 2.17. The largest absolute Gasteiger partial charge is 0.507 e. The van der Waals surface area contributed by atoms with Gasteiger partial charge in [-0.15, -0.1) is 11.3 Å². The van der Waals surface area contributed by atoms with E-state index < -0.39 is 0 Å². The summed E-state index contributed by atoms with van der Waals surface area (Å²) < 4.78 is 0.708. The minimum atomic E-state index is -0.0682. The number of hydrogen-bond acceptors (Lipinski definition) is 3. The molecule has 2 N–H and O–H groups in total. The number of aromatic amines is 1. The molecule has 1 atom stereocenters. The second kappa shape index (κ2) is 6.78. The van der Waals surface area contributed by atoms with Crippen LogP contribution in [0.15, 0.2) is 46.6 Å². The number of aryl methyl sites for hydroxylation is 2. The maximum Gasteiger partial charge on any atom is 0.266 e. The number of pyridine rings is 1. The molecule has 1 unspecified atom stereocenters. The standard InChI is InChI=1S/C24H23NO2S/c1-14-3-2-4-15-7-8-17(13-16(15)6-5-14)21-20(26)10-9-19-22(21)18-11-12-28-23(18)24(27)25-19/h7-14,26H,2-6H2,1H3,(H,25,27). The van der Waals surface area contributed by atoms with Gasteiger partial charge in [-0.2, -0.15) is 0 Å². The molecule has 1 aliphatic carbocycles. The van der Waals surface area contributed by atoms with Gasteiger partial charge in [0.15, 0.2) is 0 Å². The second-order valence-electron chi connectivity index (χ2n) is 8.02. The summed E-state index contributed by atoms with van der Waals surface area (Å²) in [6, 6.07) is 12.1. The maximum atomic E-state index is 12.4. The molecule has 4 heteroatoms. The predicted octanol–water partition coefficient (Wildman–Crippen LogP) is 6.02. The van der Waals surface area contributed by atoms with Crippen LogP contribution in [0.3, 0.4) is 0 Å². The topological polar surface area (TPSA) is 53.1 Å². The number of fused-ring (bicyclic) bond motifs is 4. The molecule has 3 nitrogen and oxygen atoms in total. The van der Waals surface area contributed by atoms with E-state index in [9.17, 15) is 9.90 Å². The summed E-state index contributed by atoms with van der Waals surface area (Å²) in [6.45, 7) is 2.34. The van der Waals surface area contributed by atoms with Crippen LogP contribution in [0, 0.1) is 5.92 Å². The van der Waals surface area contributed by atoms with Crippen LogP contribution in [-0.4, -0.2) is 10.1 Å². The first-order valence-electron chi connectivity index (χ1n) is 9.99. The maximum absolute atomic E-state index is 12.4. The number of rotatable bonds is 1. The van der Waals surface area contributed by atoms with Crippen LogP contribution in [-0.2, 0) is 12.8 Å². The molecule has 28 heavy (non-hydrogen) atoms. The van der Waals surface area contributed by atoms with Crippen LogP contribution < -0.4 is 5.56 Å². The highest BCUT2D eigenvalue weighted by atomic mass is 32.1. The fraction of sp³-hybridized carbons (Fsp3) is 0.292. The van der Waals surface area contributed by atoms with Gasteiger partial charge in [0.05, 0.1) is 0 Å². The van der Waals surface area contributed by atoms with Gasteiger partial charge >= 0.3 is 0 Å². The third kappa shape index (κ3) is 2.83. The Morgan fingerprint density at radius 1 is 1.07 bits per heavy atom. The van der Waals surface area contributed by atoms with Crippen LogP contribution in [0.25, 0.3) is 32.1 Å².